The van der Waals surface area contributed by atoms with E-state index in [9.17, 15) is 18.5 Å². The predicted molar refractivity (Wildman–Crippen MR) is 105 cm³/mol. The lowest BCUT2D eigenvalue weighted by Crippen LogP contribution is -2.16. The molecule has 1 N–H and O–H groups in total. The molecule has 0 fully saturated rings. The maximum atomic E-state index is 12.3. The molecule has 0 aliphatic carbocycles. The molecule has 0 radical (unpaired) electrons. The number of nitrogens with zero attached hydrogens (tertiary/aromatic N) is 4. The Morgan fingerprint density at radius 3 is 2.44 bits per heavy atom. The highest BCUT2D eigenvalue weighted by atomic mass is 32.2. The molecule has 0 saturated heterocycles. The van der Waals surface area contributed by atoms with Crippen LogP contribution in [0.3, 0.4) is 0 Å². The van der Waals surface area contributed by atoms with Crippen LogP contribution in [-0.2, 0) is 14.6 Å². The number of carbonyl (C=O) groups excluding carboxylic acids is 1. The molecule has 0 aliphatic rings. The van der Waals surface area contributed by atoms with E-state index in [1.54, 1.807) is 12.1 Å². The minimum atomic E-state index is -3.62. The lowest BCUT2D eigenvalue weighted by atomic mass is 10.1. The number of hydrogen-bond donors (Lipinski definition) is 1. The third kappa shape index (κ3) is 4.90. The van der Waals surface area contributed by atoms with Crippen LogP contribution in [0.25, 0.3) is 6.08 Å². The van der Waals surface area contributed by atoms with E-state index in [0.717, 1.165) is 17.2 Å². The molecule has 0 bridgehead atoms. The molecule has 10 heteroatoms. The molecule has 0 unspecified atom stereocenters. The quantitative estimate of drug-likeness (QED) is 0.579. The number of benzene rings is 1. The van der Waals surface area contributed by atoms with Gasteiger partial charge in [-0.05, 0) is 37.6 Å². The number of nitriles is 1. The van der Waals surface area contributed by atoms with E-state index in [2.05, 4.69) is 14.7 Å². The first-order valence-electron chi connectivity index (χ1n) is 7.93. The number of amides is 1. The molecule has 0 spiro atoms. The van der Waals surface area contributed by atoms with Crippen LogP contribution in [0.15, 0.2) is 35.0 Å². The van der Waals surface area contributed by atoms with Crippen molar-refractivity contribution in [3.63, 3.8) is 0 Å². The maximum absolute atomic E-state index is 12.3. The smallest absolute Gasteiger partial charge is 0.268 e. The highest BCUT2D eigenvalue weighted by Gasteiger charge is 2.25. The Morgan fingerprint density at radius 1 is 1.30 bits per heavy atom. The number of aromatic nitrogens is 2. The third-order valence-electron chi connectivity index (χ3n) is 3.59. The summed E-state index contributed by atoms with van der Waals surface area (Å²) in [6, 6.07) is 9.16. The lowest BCUT2D eigenvalue weighted by molar-refractivity contribution is -0.112. The molecule has 1 aromatic heterocycles. The first-order valence-corrected chi connectivity index (χ1v) is 10.2. The standard InChI is InChI=1S/C17H19N5O3S2/c1-11(2)27(24,25)17-20-16(26-21-17)19-15(23)13(10-18)9-12-5-7-14(8-6-12)22(3)4/h5-9,11H,1-4H3,(H,19,20,21,23)/b13-9-. The van der Waals surface area contributed by atoms with E-state index in [4.69, 9.17) is 0 Å². The van der Waals surface area contributed by atoms with E-state index in [1.165, 1.54) is 19.9 Å². The van der Waals surface area contributed by atoms with Crippen molar-refractivity contribution in [3.8, 4) is 6.07 Å². The fraction of sp³-hybridized carbons (Fsp3) is 0.294. The Hall–Kier alpha value is -2.77. The van der Waals surface area contributed by atoms with Gasteiger partial charge in [-0.15, -0.1) is 0 Å². The molecule has 1 amide bonds. The summed E-state index contributed by atoms with van der Waals surface area (Å²) in [5.74, 6) is -0.682. The number of carbonyl (C=O) groups is 1. The number of nitrogens with one attached hydrogen (secondary N) is 1. The van der Waals surface area contributed by atoms with Gasteiger partial charge in [0.2, 0.25) is 15.0 Å². The summed E-state index contributed by atoms with van der Waals surface area (Å²) in [6.45, 7) is 3.04. The Bertz CT molecular complexity index is 1000. The molecular weight excluding hydrogens is 386 g/mol. The van der Waals surface area contributed by atoms with Crippen LogP contribution in [0.2, 0.25) is 0 Å². The van der Waals surface area contributed by atoms with Gasteiger partial charge in [0.25, 0.3) is 11.1 Å². The monoisotopic (exact) mass is 405 g/mol. The molecule has 2 aromatic rings. The van der Waals surface area contributed by atoms with Gasteiger partial charge in [0.05, 0.1) is 5.25 Å². The molecule has 0 saturated carbocycles. The molecule has 142 valence electrons. The van der Waals surface area contributed by atoms with Gasteiger partial charge in [-0.3, -0.25) is 10.1 Å². The van der Waals surface area contributed by atoms with Gasteiger partial charge in [0.15, 0.2) is 0 Å². The van der Waals surface area contributed by atoms with Crippen LogP contribution in [0.1, 0.15) is 19.4 Å². The summed E-state index contributed by atoms with van der Waals surface area (Å²) in [7, 11) is 0.199. The van der Waals surface area contributed by atoms with Crippen molar-refractivity contribution in [1.82, 2.24) is 9.36 Å². The fourth-order valence-corrected chi connectivity index (χ4v) is 3.63. The normalized spacial score (nSPS) is 11.9. The van der Waals surface area contributed by atoms with Crippen LogP contribution in [0.4, 0.5) is 10.8 Å². The van der Waals surface area contributed by atoms with Gasteiger partial charge < -0.3 is 4.90 Å². The molecule has 8 nitrogen and oxygen atoms in total. The van der Waals surface area contributed by atoms with Gasteiger partial charge in [0, 0.05) is 31.3 Å². The molecule has 0 aliphatic heterocycles. The predicted octanol–water partition coefficient (Wildman–Crippen LogP) is 2.33. The van der Waals surface area contributed by atoms with Crippen molar-refractivity contribution >= 4 is 44.2 Å². The summed E-state index contributed by atoms with van der Waals surface area (Å²) in [5.41, 5.74) is 1.55. The second-order valence-electron chi connectivity index (χ2n) is 6.09. The summed E-state index contributed by atoms with van der Waals surface area (Å²) >= 11 is 0.747. The molecule has 0 atom stereocenters. The first-order chi connectivity index (χ1) is 12.6. The molecule has 27 heavy (non-hydrogen) atoms. The van der Waals surface area contributed by atoms with Crippen molar-refractivity contribution in [2.45, 2.75) is 24.3 Å². The zero-order valence-corrected chi connectivity index (χ0v) is 16.9. The minimum Gasteiger partial charge on any atom is -0.378 e. The van der Waals surface area contributed by atoms with Gasteiger partial charge in [-0.1, -0.05) is 12.1 Å². The molecular formula is C17H19N5O3S2. The SMILES string of the molecule is CC(C)S(=O)(=O)c1nsc(NC(=O)/C(C#N)=C\c2ccc(N(C)C)cc2)n1. The van der Waals surface area contributed by atoms with Gasteiger partial charge >= 0.3 is 0 Å². The van der Waals surface area contributed by atoms with Gasteiger partial charge in [-0.2, -0.15) is 14.6 Å². The van der Waals surface area contributed by atoms with Crippen molar-refractivity contribution in [3.05, 3.63) is 35.4 Å². The molecule has 2 rings (SSSR count). The number of sulfone groups is 1. The average molecular weight is 406 g/mol. The summed E-state index contributed by atoms with van der Waals surface area (Å²) in [6.07, 6.45) is 1.45. The third-order valence-corrected chi connectivity index (χ3v) is 6.27. The first kappa shape index (κ1) is 20.5. The average Bonchev–Trinajstić information content (AvgIpc) is 3.09. The highest BCUT2D eigenvalue weighted by molar-refractivity contribution is 7.91. The number of anilines is 2. The topological polar surface area (TPSA) is 116 Å². The maximum Gasteiger partial charge on any atom is 0.268 e. The van der Waals surface area contributed by atoms with Crippen molar-refractivity contribution in [2.75, 3.05) is 24.3 Å². The van der Waals surface area contributed by atoms with E-state index in [1.807, 2.05) is 37.2 Å². The Labute approximate surface area is 162 Å². The Kier molecular flexibility index (Phi) is 6.30. The largest absolute Gasteiger partial charge is 0.378 e. The number of rotatable bonds is 6. The molecule has 1 heterocycles. The Balaban J connectivity index is 2.18. The van der Waals surface area contributed by atoms with Crippen molar-refractivity contribution in [2.24, 2.45) is 0 Å². The Morgan fingerprint density at radius 2 is 1.93 bits per heavy atom. The second-order valence-corrected chi connectivity index (χ2v) is 9.24. The van der Waals surface area contributed by atoms with Crippen LogP contribution in [-0.4, -0.2) is 43.0 Å². The van der Waals surface area contributed by atoms with Gasteiger partial charge in [-0.25, -0.2) is 8.42 Å². The summed E-state index contributed by atoms with van der Waals surface area (Å²) in [4.78, 5) is 18.1. The zero-order chi connectivity index (χ0) is 20.2. The summed E-state index contributed by atoms with van der Waals surface area (Å²) < 4.78 is 27.9. The van der Waals surface area contributed by atoms with E-state index in [0.29, 0.717) is 5.56 Å². The number of hydrogen-bond acceptors (Lipinski definition) is 8. The van der Waals surface area contributed by atoms with E-state index < -0.39 is 21.0 Å². The van der Waals surface area contributed by atoms with Crippen LogP contribution < -0.4 is 10.2 Å². The van der Waals surface area contributed by atoms with Crippen LogP contribution >= 0.6 is 11.5 Å². The van der Waals surface area contributed by atoms with E-state index in [-0.39, 0.29) is 15.9 Å². The van der Waals surface area contributed by atoms with Crippen LogP contribution in [0.5, 0.6) is 0 Å². The lowest BCUT2D eigenvalue weighted by Gasteiger charge is -2.11. The zero-order valence-electron chi connectivity index (χ0n) is 15.3. The second kappa shape index (κ2) is 8.28. The minimum absolute atomic E-state index is 0.0170. The van der Waals surface area contributed by atoms with E-state index >= 15 is 0 Å². The van der Waals surface area contributed by atoms with Crippen molar-refractivity contribution in [1.29, 1.82) is 5.26 Å². The van der Waals surface area contributed by atoms with Crippen molar-refractivity contribution < 1.29 is 13.2 Å². The highest BCUT2D eigenvalue weighted by Crippen LogP contribution is 2.20. The summed E-state index contributed by atoms with van der Waals surface area (Å²) in [5, 5.41) is 10.7. The fourth-order valence-electron chi connectivity index (χ4n) is 1.94. The molecule has 1 aromatic carbocycles. The van der Waals surface area contributed by atoms with Crippen LogP contribution in [0, 0.1) is 11.3 Å². The van der Waals surface area contributed by atoms with Gasteiger partial charge in [0.1, 0.15) is 11.6 Å².